The minimum Gasteiger partial charge on any atom is -0.208 e. The van der Waals surface area contributed by atoms with E-state index in [-0.39, 0.29) is 0 Å². The van der Waals surface area contributed by atoms with Gasteiger partial charge in [-0.15, -0.1) is 0 Å². The SMILES string of the molecule is Clc1ccc(-c2cccc(-c3nc(C4=CCCC=C4)nc(-c4ccccc4)n3)c2)cc1. The largest absolute Gasteiger partial charge is 0.208 e. The van der Waals surface area contributed by atoms with Gasteiger partial charge in [0.05, 0.1) is 0 Å². The lowest BCUT2D eigenvalue weighted by molar-refractivity contribution is 1.01. The van der Waals surface area contributed by atoms with Crippen molar-refractivity contribution in [3.05, 3.63) is 108 Å². The van der Waals surface area contributed by atoms with Crippen LogP contribution in [0.2, 0.25) is 5.02 Å². The number of aromatic nitrogens is 3. The highest BCUT2D eigenvalue weighted by atomic mass is 35.5. The van der Waals surface area contributed by atoms with Gasteiger partial charge in [-0.3, -0.25) is 0 Å². The third kappa shape index (κ3) is 4.32. The first-order valence-electron chi connectivity index (χ1n) is 10.3. The van der Waals surface area contributed by atoms with Crippen molar-refractivity contribution in [3.63, 3.8) is 0 Å². The van der Waals surface area contributed by atoms with Crippen molar-refractivity contribution in [2.24, 2.45) is 0 Å². The van der Waals surface area contributed by atoms with Gasteiger partial charge in [-0.1, -0.05) is 90.5 Å². The summed E-state index contributed by atoms with van der Waals surface area (Å²) in [7, 11) is 0. The quantitative estimate of drug-likeness (QED) is 0.348. The normalized spacial score (nSPS) is 13.1. The number of allylic oxidation sites excluding steroid dienone is 4. The van der Waals surface area contributed by atoms with Crippen molar-refractivity contribution in [2.45, 2.75) is 12.8 Å². The van der Waals surface area contributed by atoms with Gasteiger partial charge >= 0.3 is 0 Å². The van der Waals surface area contributed by atoms with E-state index in [9.17, 15) is 0 Å². The van der Waals surface area contributed by atoms with E-state index in [0.29, 0.717) is 17.5 Å². The molecular formula is C27H20ClN3. The molecule has 1 aliphatic carbocycles. The molecule has 0 aliphatic heterocycles. The third-order valence-corrected chi connectivity index (χ3v) is 5.47. The van der Waals surface area contributed by atoms with Gasteiger partial charge in [0, 0.05) is 21.7 Å². The van der Waals surface area contributed by atoms with Crippen LogP contribution >= 0.6 is 11.6 Å². The number of benzene rings is 3. The Morgan fingerprint density at radius 3 is 2.00 bits per heavy atom. The Balaban J connectivity index is 1.63. The first-order valence-corrected chi connectivity index (χ1v) is 10.7. The fourth-order valence-electron chi connectivity index (χ4n) is 3.61. The van der Waals surface area contributed by atoms with E-state index in [1.807, 2.05) is 66.7 Å². The minimum absolute atomic E-state index is 0.666. The lowest BCUT2D eigenvalue weighted by atomic mass is 10.0. The first-order chi connectivity index (χ1) is 15.3. The molecule has 0 atom stereocenters. The van der Waals surface area contributed by atoms with Gasteiger partial charge in [0.15, 0.2) is 17.5 Å². The van der Waals surface area contributed by atoms with Gasteiger partial charge < -0.3 is 0 Å². The molecule has 1 aromatic heterocycles. The van der Waals surface area contributed by atoms with Crippen molar-refractivity contribution < 1.29 is 0 Å². The highest BCUT2D eigenvalue weighted by Crippen LogP contribution is 2.28. The van der Waals surface area contributed by atoms with Crippen LogP contribution in [0.1, 0.15) is 18.7 Å². The maximum absolute atomic E-state index is 6.06. The molecule has 1 aliphatic rings. The maximum atomic E-state index is 6.06. The molecule has 5 rings (SSSR count). The number of rotatable bonds is 4. The van der Waals surface area contributed by atoms with Crippen molar-refractivity contribution in [2.75, 3.05) is 0 Å². The highest BCUT2D eigenvalue weighted by molar-refractivity contribution is 6.30. The average Bonchev–Trinajstić information content (AvgIpc) is 2.85. The zero-order valence-corrected chi connectivity index (χ0v) is 17.6. The molecule has 1 heterocycles. The number of hydrogen-bond acceptors (Lipinski definition) is 3. The van der Waals surface area contributed by atoms with Crippen LogP contribution in [0.3, 0.4) is 0 Å². The van der Waals surface area contributed by atoms with E-state index in [2.05, 4.69) is 30.4 Å². The number of nitrogens with zero attached hydrogens (tertiary/aromatic N) is 3. The smallest absolute Gasteiger partial charge is 0.164 e. The fourth-order valence-corrected chi connectivity index (χ4v) is 3.74. The summed E-state index contributed by atoms with van der Waals surface area (Å²) in [5, 5.41) is 0.725. The summed E-state index contributed by atoms with van der Waals surface area (Å²) >= 11 is 6.06. The van der Waals surface area contributed by atoms with E-state index in [4.69, 9.17) is 26.6 Å². The molecule has 3 aromatic carbocycles. The average molecular weight is 422 g/mol. The van der Waals surface area contributed by atoms with Crippen molar-refractivity contribution >= 4 is 17.2 Å². The summed E-state index contributed by atoms with van der Waals surface area (Å²) in [5.74, 6) is 2.05. The third-order valence-electron chi connectivity index (χ3n) is 5.22. The fraction of sp³-hybridized carbons (Fsp3) is 0.0741. The van der Waals surface area contributed by atoms with E-state index in [1.165, 1.54) is 0 Å². The second-order valence-electron chi connectivity index (χ2n) is 7.40. The maximum Gasteiger partial charge on any atom is 0.164 e. The summed E-state index contributed by atoms with van der Waals surface area (Å²) in [4.78, 5) is 14.4. The molecular weight excluding hydrogens is 402 g/mol. The lowest BCUT2D eigenvalue weighted by Gasteiger charge is -2.11. The van der Waals surface area contributed by atoms with Gasteiger partial charge in [-0.05, 0) is 42.2 Å². The Bertz CT molecular complexity index is 1280. The molecule has 0 saturated carbocycles. The summed E-state index contributed by atoms with van der Waals surface area (Å²) in [5.41, 5.74) is 5.16. The monoisotopic (exact) mass is 421 g/mol. The van der Waals surface area contributed by atoms with Gasteiger partial charge in [-0.2, -0.15) is 0 Å². The number of hydrogen-bond donors (Lipinski definition) is 0. The molecule has 0 N–H and O–H groups in total. The molecule has 0 radical (unpaired) electrons. The van der Waals surface area contributed by atoms with E-state index >= 15 is 0 Å². The van der Waals surface area contributed by atoms with Crippen LogP contribution in [-0.4, -0.2) is 15.0 Å². The molecule has 3 nitrogen and oxygen atoms in total. The summed E-state index contributed by atoms with van der Waals surface area (Å²) < 4.78 is 0. The minimum atomic E-state index is 0.666. The molecule has 150 valence electrons. The summed E-state index contributed by atoms with van der Waals surface area (Å²) in [6.07, 6.45) is 8.51. The highest BCUT2D eigenvalue weighted by Gasteiger charge is 2.14. The Morgan fingerprint density at radius 1 is 0.581 bits per heavy atom. The van der Waals surface area contributed by atoms with E-state index in [1.54, 1.807) is 0 Å². The molecule has 0 spiro atoms. The predicted molar refractivity (Wildman–Crippen MR) is 127 cm³/mol. The Kier molecular flexibility index (Phi) is 5.42. The van der Waals surface area contributed by atoms with Crippen molar-refractivity contribution in [1.29, 1.82) is 0 Å². The van der Waals surface area contributed by atoms with Gasteiger partial charge in [-0.25, -0.2) is 15.0 Å². The second-order valence-corrected chi connectivity index (χ2v) is 7.84. The molecule has 0 amide bonds. The molecule has 4 aromatic rings. The van der Waals surface area contributed by atoms with Gasteiger partial charge in [0.25, 0.3) is 0 Å². The van der Waals surface area contributed by atoms with Crippen LogP contribution in [0, 0.1) is 0 Å². The molecule has 4 heteroatoms. The molecule has 0 saturated heterocycles. The van der Waals surface area contributed by atoms with Crippen molar-refractivity contribution in [3.8, 4) is 33.9 Å². The zero-order chi connectivity index (χ0) is 21.0. The molecule has 0 fully saturated rings. The van der Waals surface area contributed by atoms with Crippen LogP contribution in [0.25, 0.3) is 39.5 Å². The van der Waals surface area contributed by atoms with E-state index in [0.717, 1.165) is 45.7 Å². The Hall–Kier alpha value is -3.56. The van der Waals surface area contributed by atoms with Crippen LogP contribution in [0.4, 0.5) is 0 Å². The first kappa shape index (κ1) is 19.4. The van der Waals surface area contributed by atoms with Gasteiger partial charge in [0.2, 0.25) is 0 Å². The van der Waals surface area contributed by atoms with Crippen LogP contribution in [-0.2, 0) is 0 Å². The summed E-state index contributed by atoms with van der Waals surface area (Å²) in [6.45, 7) is 0. The Morgan fingerprint density at radius 2 is 1.26 bits per heavy atom. The number of halogens is 1. The second kappa shape index (κ2) is 8.66. The lowest BCUT2D eigenvalue weighted by Crippen LogP contribution is -2.03. The molecule has 0 bridgehead atoms. The van der Waals surface area contributed by atoms with E-state index < -0.39 is 0 Å². The predicted octanol–water partition coefficient (Wildman–Crippen LogP) is 7.26. The van der Waals surface area contributed by atoms with Crippen molar-refractivity contribution in [1.82, 2.24) is 15.0 Å². The van der Waals surface area contributed by atoms with Crippen LogP contribution in [0.5, 0.6) is 0 Å². The molecule has 0 unspecified atom stereocenters. The van der Waals surface area contributed by atoms with Gasteiger partial charge in [0.1, 0.15) is 0 Å². The standard InChI is InChI=1S/C27H20ClN3/c28-24-16-14-19(15-17-24)22-12-7-13-23(18-22)27-30-25(20-8-3-1-4-9-20)29-26(31-27)21-10-5-2-6-11-21/h1,3-5,7-18H,2,6H2. The molecule has 31 heavy (non-hydrogen) atoms. The zero-order valence-electron chi connectivity index (χ0n) is 16.9. The summed E-state index contributed by atoms with van der Waals surface area (Å²) in [6, 6.07) is 26.2. The van der Waals surface area contributed by atoms with Crippen LogP contribution < -0.4 is 0 Å². The Labute approximate surface area is 186 Å². The van der Waals surface area contributed by atoms with Crippen LogP contribution in [0.15, 0.2) is 97.1 Å². The topological polar surface area (TPSA) is 38.7 Å².